The predicted molar refractivity (Wildman–Crippen MR) is 80.6 cm³/mol. The number of pyridine rings is 1. The van der Waals surface area contributed by atoms with Crippen LogP contribution in [-0.2, 0) is 0 Å². The quantitative estimate of drug-likeness (QED) is 0.698. The molecule has 4 nitrogen and oxygen atoms in total. The van der Waals surface area contributed by atoms with Crippen molar-refractivity contribution >= 4 is 28.1 Å². The van der Waals surface area contributed by atoms with Crippen LogP contribution in [0.1, 0.15) is 10.5 Å². The minimum absolute atomic E-state index is 0.264. The van der Waals surface area contributed by atoms with Crippen molar-refractivity contribution in [1.82, 2.24) is 4.98 Å². The monoisotopic (exact) mass is 263 g/mol. The van der Waals surface area contributed by atoms with Crippen molar-refractivity contribution in [3.05, 3.63) is 66.5 Å². The van der Waals surface area contributed by atoms with Gasteiger partial charge in [0, 0.05) is 11.6 Å². The normalized spacial score (nSPS) is 10.4. The summed E-state index contributed by atoms with van der Waals surface area (Å²) in [7, 11) is 0. The van der Waals surface area contributed by atoms with Gasteiger partial charge in [-0.2, -0.15) is 0 Å². The van der Waals surface area contributed by atoms with E-state index in [1.165, 1.54) is 0 Å². The van der Waals surface area contributed by atoms with Gasteiger partial charge in [0.1, 0.15) is 5.69 Å². The lowest BCUT2D eigenvalue weighted by Crippen LogP contribution is -2.15. The van der Waals surface area contributed by atoms with E-state index in [0.717, 1.165) is 10.8 Å². The third-order valence-corrected chi connectivity index (χ3v) is 3.10. The van der Waals surface area contributed by atoms with E-state index in [0.29, 0.717) is 17.1 Å². The lowest BCUT2D eigenvalue weighted by atomic mass is 10.1. The molecule has 3 aromatic rings. The number of fused-ring (bicyclic) bond motifs is 1. The van der Waals surface area contributed by atoms with Gasteiger partial charge in [0.15, 0.2) is 0 Å². The number of amides is 1. The Bertz CT molecular complexity index is 778. The fourth-order valence-electron chi connectivity index (χ4n) is 2.09. The summed E-state index contributed by atoms with van der Waals surface area (Å²) < 4.78 is 0. The Morgan fingerprint density at radius 1 is 1.00 bits per heavy atom. The summed E-state index contributed by atoms with van der Waals surface area (Å²) in [5.74, 6) is -0.264. The van der Waals surface area contributed by atoms with Crippen molar-refractivity contribution < 1.29 is 4.79 Å². The van der Waals surface area contributed by atoms with Crippen molar-refractivity contribution in [1.29, 1.82) is 0 Å². The van der Waals surface area contributed by atoms with E-state index in [-0.39, 0.29) is 5.91 Å². The van der Waals surface area contributed by atoms with Crippen molar-refractivity contribution in [2.24, 2.45) is 0 Å². The third-order valence-electron chi connectivity index (χ3n) is 3.10. The summed E-state index contributed by atoms with van der Waals surface area (Å²) in [6.07, 6.45) is 1.63. The maximum absolute atomic E-state index is 12.4. The second-order valence-electron chi connectivity index (χ2n) is 4.42. The molecule has 20 heavy (non-hydrogen) atoms. The van der Waals surface area contributed by atoms with Gasteiger partial charge in [0.25, 0.3) is 5.91 Å². The maximum atomic E-state index is 12.4. The molecule has 0 aliphatic carbocycles. The molecule has 0 saturated heterocycles. The van der Waals surface area contributed by atoms with E-state index >= 15 is 0 Å². The Labute approximate surface area is 116 Å². The molecule has 3 rings (SSSR count). The number of nitrogens with one attached hydrogen (secondary N) is 1. The first-order chi connectivity index (χ1) is 9.75. The largest absolute Gasteiger partial charge is 0.397 e. The molecule has 0 unspecified atom stereocenters. The molecule has 0 spiro atoms. The molecule has 98 valence electrons. The van der Waals surface area contributed by atoms with Crippen LogP contribution in [0, 0.1) is 0 Å². The summed E-state index contributed by atoms with van der Waals surface area (Å²) in [6.45, 7) is 0. The number of carbonyl (C=O) groups is 1. The number of nitrogens with two attached hydrogens (primary N) is 1. The second kappa shape index (κ2) is 5.01. The van der Waals surface area contributed by atoms with Crippen molar-refractivity contribution in [2.75, 3.05) is 11.1 Å². The van der Waals surface area contributed by atoms with Gasteiger partial charge in [-0.15, -0.1) is 0 Å². The number of hydrogen-bond donors (Lipinski definition) is 2. The number of anilines is 2. The van der Waals surface area contributed by atoms with Crippen LogP contribution in [0.2, 0.25) is 0 Å². The number of nitrogens with zero attached hydrogens (tertiary/aromatic N) is 1. The Kier molecular flexibility index (Phi) is 3.05. The van der Waals surface area contributed by atoms with Crippen molar-refractivity contribution in [3.8, 4) is 0 Å². The highest BCUT2D eigenvalue weighted by Crippen LogP contribution is 2.20. The average molecular weight is 263 g/mol. The molecule has 0 saturated carbocycles. The third kappa shape index (κ3) is 2.19. The first-order valence-corrected chi connectivity index (χ1v) is 6.25. The van der Waals surface area contributed by atoms with Crippen LogP contribution in [-0.4, -0.2) is 10.9 Å². The molecule has 0 bridgehead atoms. The van der Waals surface area contributed by atoms with Gasteiger partial charge in [0.05, 0.1) is 11.4 Å². The zero-order chi connectivity index (χ0) is 13.9. The minimum Gasteiger partial charge on any atom is -0.397 e. The van der Waals surface area contributed by atoms with Gasteiger partial charge >= 0.3 is 0 Å². The number of aromatic nitrogens is 1. The molecule has 3 N–H and O–H groups in total. The Morgan fingerprint density at radius 2 is 1.75 bits per heavy atom. The standard InChI is InChI=1S/C16H13N3O/c17-13-7-3-4-8-14(13)19-16(20)15-12-6-2-1-5-11(12)9-10-18-15/h1-10H,17H2,(H,19,20). The summed E-state index contributed by atoms with van der Waals surface area (Å²) in [6, 6.07) is 16.7. The van der Waals surface area contributed by atoms with Crippen LogP contribution in [0.15, 0.2) is 60.8 Å². The van der Waals surface area contributed by atoms with Gasteiger partial charge in [-0.25, -0.2) is 0 Å². The van der Waals surface area contributed by atoms with E-state index in [1.54, 1.807) is 18.3 Å². The molecule has 1 amide bonds. The zero-order valence-corrected chi connectivity index (χ0v) is 10.7. The second-order valence-corrected chi connectivity index (χ2v) is 4.42. The SMILES string of the molecule is Nc1ccccc1NC(=O)c1nccc2ccccc12. The van der Waals surface area contributed by atoms with Crippen LogP contribution in [0.3, 0.4) is 0 Å². The van der Waals surface area contributed by atoms with Crippen LogP contribution in [0.5, 0.6) is 0 Å². The van der Waals surface area contributed by atoms with Gasteiger partial charge in [-0.05, 0) is 23.6 Å². The van der Waals surface area contributed by atoms with Crippen LogP contribution < -0.4 is 11.1 Å². The van der Waals surface area contributed by atoms with Gasteiger partial charge in [-0.3, -0.25) is 9.78 Å². The molecule has 4 heteroatoms. The lowest BCUT2D eigenvalue weighted by molar-refractivity contribution is 0.102. The minimum atomic E-state index is -0.264. The molecule has 0 fully saturated rings. The smallest absolute Gasteiger partial charge is 0.274 e. The summed E-state index contributed by atoms with van der Waals surface area (Å²) in [5, 5.41) is 4.59. The molecule has 0 atom stereocenters. The van der Waals surface area contributed by atoms with Gasteiger partial charge in [-0.1, -0.05) is 36.4 Å². The van der Waals surface area contributed by atoms with Crippen molar-refractivity contribution in [2.45, 2.75) is 0 Å². The van der Waals surface area contributed by atoms with E-state index in [1.807, 2.05) is 42.5 Å². The summed E-state index contributed by atoms with van der Waals surface area (Å²) in [5.41, 5.74) is 7.34. The molecular formula is C16H13N3O. The van der Waals surface area contributed by atoms with E-state index in [4.69, 9.17) is 5.73 Å². The average Bonchev–Trinajstić information content (AvgIpc) is 2.49. The topological polar surface area (TPSA) is 68.0 Å². The number of rotatable bonds is 2. The lowest BCUT2D eigenvalue weighted by Gasteiger charge is -2.09. The molecule has 2 aromatic carbocycles. The summed E-state index contributed by atoms with van der Waals surface area (Å²) in [4.78, 5) is 16.5. The first kappa shape index (κ1) is 12.2. The molecular weight excluding hydrogens is 250 g/mol. The van der Waals surface area contributed by atoms with Gasteiger partial charge < -0.3 is 11.1 Å². The van der Waals surface area contributed by atoms with Gasteiger partial charge in [0.2, 0.25) is 0 Å². The molecule has 0 radical (unpaired) electrons. The highest BCUT2D eigenvalue weighted by atomic mass is 16.1. The number of benzene rings is 2. The molecule has 1 heterocycles. The highest BCUT2D eigenvalue weighted by Gasteiger charge is 2.12. The molecule has 1 aromatic heterocycles. The molecule has 0 aliphatic heterocycles. The van der Waals surface area contributed by atoms with Crippen LogP contribution in [0.4, 0.5) is 11.4 Å². The Balaban J connectivity index is 1.99. The number of carbonyl (C=O) groups excluding carboxylic acids is 1. The molecule has 0 aliphatic rings. The van der Waals surface area contributed by atoms with E-state index < -0.39 is 0 Å². The number of hydrogen-bond acceptors (Lipinski definition) is 3. The number of nitrogen functional groups attached to an aromatic ring is 1. The predicted octanol–water partition coefficient (Wildman–Crippen LogP) is 3.07. The van der Waals surface area contributed by atoms with E-state index in [9.17, 15) is 4.79 Å². The number of para-hydroxylation sites is 2. The first-order valence-electron chi connectivity index (χ1n) is 6.25. The Hall–Kier alpha value is -2.88. The fourth-order valence-corrected chi connectivity index (χ4v) is 2.09. The zero-order valence-electron chi connectivity index (χ0n) is 10.7. The maximum Gasteiger partial charge on any atom is 0.274 e. The fraction of sp³-hybridized carbons (Fsp3) is 0. The van der Waals surface area contributed by atoms with E-state index in [2.05, 4.69) is 10.3 Å². The van der Waals surface area contributed by atoms with Crippen molar-refractivity contribution in [3.63, 3.8) is 0 Å². The van der Waals surface area contributed by atoms with Crippen LogP contribution in [0.25, 0.3) is 10.8 Å². The van der Waals surface area contributed by atoms with Crippen LogP contribution >= 0.6 is 0 Å². The highest BCUT2D eigenvalue weighted by molar-refractivity contribution is 6.12. The Morgan fingerprint density at radius 3 is 2.60 bits per heavy atom. The summed E-state index contributed by atoms with van der Waals surface area (Å²) >= 11 is 0.